The minimum atomic E-state index is 0.244. The molecule has 0 bridgehead atoms. The van der Waals surface area contributed by atoms with Crippen LogP contribution in [-0.4, -0.2) is 20.7 Å². The summed E-state index contributed by atoms with van der Waals surface area (Å²) in [5.74, 6) is 16.2. The van der Waals surface area contributed by atoms with Crippen molar-refractivity contribution in [2.75, 3.05) is 20.7 Å². The summed E-state index contributed by atoms with van der Waals surface area (Å²) < 4.78 is 26.9. The second kappa shape index (κ2) is 7.66. The largest absolute Gasteiger partial charge is 0.497 e. The van der Waals surface area contributed by atoms with Gasteiger partial charge in [0.25, 0.3) is 0 Å². The van der Waals surface area contributed by atoms with Crippen LogP contribution in [0.4, 0.5) is 0 Å². The van der Waals surface area contributed by atoms with Crippen LogP contribution in [0.15, 0.2) is 54.6 Å². The van der Waals surface area contributed by atoms with Gasteiger partial charge < -0.3 is 23.7 Å². The standard InChI is InChI=1S/C25H16O5/c1-26-21-11-19(4-2-17-6-8-22-24(13-17)29-15-27-22)10-20(12-21)5-3-18-7-9-23-25(14-18)30-16-28-23/h6-14H,15-16H2,1H3. The Morgan fingerprint density at radius 1 is 0.567 bits per heavy atom. The fraction of sp³-hybridized carbons (Fsp3) is 0.120. The first kappa shape index (κ1) is 17.8. The Bertz CT molecular complexity index is 1160. The van der Waals surface area contributed by atoms with E-state index in [9.17, 15) is 0 Å². The summed E-state index contributed by atoms with van der Waals surface area (Å²) in [6.45, 7) is 0.487. The van der Waals surface area contributed by atoms with Gasteiger partial charge in [-0.25, -0.2) is 0 Å². The van der Waals surface area contributed by atoms with Crippen LogP contribution in [0.1, 0.15) is 22.3 Å². The lowest BCUT2D eigenvalue weighted by molar-refractivity contribution is 0.173. The third-order valence-electron chi connectivity index (χ3n) is 4.59. The minimum Gasteiger partial charge on any atom is -0.497 e. The molecule has 0 unspecified atom stereocenters. The first-order valence-corrected chi connectivity index (χ1v) is 9.29. The first-order valence-electron chi connectivity index (χ1n) is 9.29. The van der Waals surface area contributed by atoms with E-state index in [0.29, 0.717) is 17.2 Å². The van der Waals surface area contributed by atoms with Crippen molar-refractivity contribution in [3.05, 3.63) is 76.9 Å². The Morgan fingerprint density at radius 3 is 1.53 bits per heavy atom. The fourth-order valence-corrected chi connectivity index (χ4v) is 3.10. The average Bonchev–Trinajstić information content (AvgIpc) is 3.44. The molecule has 0 spiro atoms. The maximum Gasteiger partial charge on any atom is 0.231 e. The molecule has 5 rings (SSSR count). The van der Waals surface area contributed by atoms with Crippen LogP contribution in [0.25, 0.3) is 0 Å². The van der Waals surface area contributed by atoms with Gasteiger partial charge in [0.2, 0.25) is 13.6 Å². The van der Waals surface area contributed by atoms with Crippen molar-refractivity contribution >= 4 is 0 Å². The van der Waals surface area contributed by atoms with Crippen LogP contribution >= 0.6 is 0 Å². The van der Waals surface area contributed by atoms with Crippen LogP contribution in [0.3, 0.4) is 0 Å². The topological polar surface area (TPSA) is 46.2 Å². The SMILES string of the molecule is COc1cc(C#Cc2ccc3c(c2)OCO3)cc(C#Cc2ccc3c(c2)OCO3)c1. The van der Waals surface area contributed by atoms with Crippen molar-refractivity contribution in [2.45, 2.75) is 0 Å². The molecule has 5 nitrogen and oxygen atoms in total. The van der Waals surface area contributed by atoms with Crippen LogP contribution in [0.5, 0.6) is 28.7 Å². The molecule has 0 saturated carbocycles. The number of ether oxygens (including phenoxy) is 5. The summed E-state index contributed by atoms with van der Waals surface area (Å²) in [5, 5.41) is 0. The van der Waals surface area contributed by atoms with Crippen molar-refractivity contribution in [3.63, 3.8) is 0 Å². The van der Waals surface area contributed by atoms with Gasteiger partial charge in [0, 0.05) is 22.3 Å². The van der Waals surface area contributed by atoms with Gasteiger partial charge in [-0.3, -0.25) is 0 Å². The smallest absolute Gasteiger partial charge is 0.231 e. The molecule has 0 aliphatic carbocycles. The maximum absolute atomic E-state index is 5.41. The lowest BCUT2D eigenvalue weighted by Crippen LogP contribution is -1.92. The van der Waals surface area contributed by atoms with Crippen molar-refractivity contribution < 1.29 is 23.7 Å². The van der Waals surface area contributed by atoms with Crippen molar-refractivity contribution in [1.82, 2.24) is 0 Å². The van der Waals surface area contributed by atoms with E-state index in [1.165, 1.54) is 0 Å². The van der Waals surface area contributed by atoms with E-state index in [0.717, 1.165) is 33.8 Å². The monoisotopic (exact) mass is 396 g/mol. The molecule has 5 heteroatoms. The normalized spacial score (nSPS) is 12.4. The highest BCUT2D eigenvalue weighted by Gasteiger charge is 2.13. The van der Waals surface area contributed by atoms with E-state index in [-0.39, 0.29) is 13.6 Å². The lowest BCUT2D eigenvalue weighted by atomic mass is 10.1. The van der Waals surface area contributed by atoms with E-state index >= 15 is 0 Å². The van der Waals surface area contributed by atoms with Crippen LogP contribution in [0, 0.1) is 23.7 Å². The molecule has 0 N–H and O–H groups in total. The average molecular weight is 396 g/mol. The molecular weight excluding hydrogens is 380 g/mol. The van der Waals surface area contributed by atoms with Crippen molar-refractivity contribution in [2.24, 2.45) is 0 Å². The molecule has 30 heavy (non-hydrogen) atoms. The lowest BCUT2D eigenvalue weighted by Gasteiger charge is -2.02. The summed E-state index contributed by atoms with van der Waals surface area (Å²) in [7, 11) is 1.62. The fourth-order valence-electron chi connectivity index (χ4n) is 3.10. The second-order valence-electron chi connectivity index (χ2n) is 6.59. The molecule has 3 aromatic carbocycles. The Balaban J connectivity index is 1.42. The molecule has 0 atom stereocenters. The Morgan fingerprint density at radius 2 is 1.03 bits per heavy atom. The number of methoxy groups -OCH3 is 1. The molecule has 3 aromatic rings. The van der Waals surface area contributed by atoms with Crippen LogP contribution < -0.4 is 23.7 Å². The van der Waals surface area contributed by atoms with Gasteiger partial charge in [-0.05, 0) is 54.6 Å². The summed E-state index contributed by atoms with van der Waals surface area (Å²) >= 11 is 0. The highest BCUT2D eigenvalue weighted by Crippen LogP contribution is 2.33. The van der Waals surface area contributed by atoms with E-state index in [1.54, 1.807) is 7.11 Å². The molecular formula is C25H16O5. The van der Waals surface area contributed by atoms with Crippen LogP contribution in [-0.2, 0) is 0 Å². The van der Waals surface area contributed by atoms with Crippen molar-refractivity contribution in [1.29, 1.82) is 0 Å². The Hall–Kier alpha value is -4.22. The van der Waals surface area contributed by atoms with Crippen molar-refractivity contribution in [3.8, 4) is 52.4 Å². The summed E-state index contributed by atoms with van der Waals surface area (Å²) in [6, 6.07) is 17.0. The zero-order valence-electron chi connectivity index (χ0n) is 16.2. The van der Waals surface area contributed by atoms with Gasteiger partial charge in [-0.1, -0.05) is 23.7 Å². The van der Waals surface area contributed by atoms with Gasteiger partial charge in [0.05, 0.1) is 7.11 Å². The van der Waals surface area contributed by atoms with E-state index in [2.05, 4.69) is 23.7 Å². The van der Waals surface area contributed by atoms with Gasteiger partial charge in [0.15, 0.2) is 23.0 Å². The predicted octanol–water partition coefficient (Wildman–Crippen LogP) is 3.95. The van der Waals surface area contributed by atoms with E-state index < -0.39 is 0 Å². The highest BCUT2D eigenvalue weighted by atomic mass is 16.7. The minimum absolute atomic E-state index is 0.244. The summed E-state index contributed by atoms with van der Waals surface area (Å²) in [5.41, 5.74) is 3.30. The number of benzene rings is 3. The second-order valence-corrected chi connectivity index (χ2v) is 6.59. The molecule has 146 valence electrons. The quantitative estimate of drug-likeness (QED) is 0.583. The molecule has 2 heterocycles. The predicted molar refractivity (Wildman–Crippen MR) is 110 cm³/mol. The number of fused-ring (bicyclic) bond motifs is 2. The first-order chi connectivity index (χ1) is 14.8. The molecule has 2 aliphatic heterocycles. The van der Waals surface area contributed by atoms with Crippen LogP contribution in [0.2, 0.25) is 0 Å². The van der Waals surface area contributed by atoms with E-state index in [1.807, 2.05) is 54.6 Å². The van der Waals surface area contributed by atoms with Gasteiger partial charge in [-0.2, -0.15) is 0 Å². The van der Waals surface area contributed by atoms with E-state index in [4.69, 9.17) is 23.7 Å². The van der Waals surface area contributed by atoms with Gasteiger partial charge in [-0.15, -0.1) is 0 Å². The molecule has 2 aliphatic rings. The zero-order chi connectivity index (χ0) is 20.3. The Labute approximate surface area is 174 Å². The molecule has 0 saturated heterocycles. The third kappa shape index (κ3) is 3.70. The zero-order valence-corrected chi connectivity index (χ0v) is 16.2. The summed E-state index contributed by atoms with van der Waals surface area (Å²) in [6.07, 6.45) is 0. The molecule has 0 aromatic heterocycles. The highest BCUT2D eigenvalue weighted by molar-refractivity contribution is 5.56. The number of hydrogen-bond acceptors (Lipinski definition) is 5. The van der Waals surface area contributed by atoms with Gasteiger partial charge >= 0.3 is 0 Å². The Kier molecular flexibility index (Phi) is 4.56. The molecule has 0 fully saturated rings. The maximum atomic E-state index is 5.41. The summed E-state index contributed by atoms with van der Waals surface area (Å²) in [4.78, 5) is 0. The third-order valence-corrected chi connectivity index (χ3v) is 4.59. The number of rotatable bonds is 1. The number of hydrogen-bond donors (Lipinski definition) is 0. The molecule has 0 amide bonds. The van der Waals surface area contributed by atoms with Gasteiger partial charge in [0.1, 0.15) is 5.75 Å². The molecule has 0 radical (unpaired) electrons.